The lowest BCUT2D eigenvalue weighted by atomic mass is 9.94. The number of aliphatic carboxylic acids is 3. The Morgan fingerprint density at radius 1 is 0.486 bits per heavy atom. The van der Waals surface area contributed by atoms with E-state index in [1.807, 2.05) is 56.9 Å². The second-order valence-electron chi connectivity index (χ2n) is 18.2. The lowest BCUT2D eigenvalue weighted by Crippen LogP contribution is -2.50. The minimum Gasteiger partial charge on any atom is -0.480 e. The van der Waals surface area contributed by atoms with Gasteiger partial charge in [-0.25, -0.2) is 0 Å². The van der Waals surface area contributed by atoms with Crippen molar-refractivity contribution in [2.24, 2.45) is 5.92 Å². The molecular formula is C50H87N7O17. The molecular weight excluding hydrogens is 971 g/mol. The molecule has 1 heterocycles. The van der Waals surface area contributed by atoms with E-state index >= 15 is 0 Å². The van der Waals surface area contributed by atoms with Gasteiger partial charge in [-0.05, 0) is 17.5 Å². The first-order chi connectivity index (χ1) is 35.6. The summed E-state index contributed by atoms with van der Waals surface area (Å²) in [6, 6.07) is 7.82. The summed E-state index contributed by atoms with van der Waals surface area (Å²) in [6.07, 6.45) is 0.588. The molecule has 1 aromatic rings. The maximum absolute atomic E-state index is 12.8. The fraction of sp³-hybridized carbons (Fsp3) is 0.760. The molecule has 0 aromatic heterocycles. The molecule has 2 rings (SSSR count). The third-order valence-electron chi connectivity index (χ3n) is 11.1. The number of rotatable bonds is 42. The molecule has 0 aliphatic carbocycles. The molecule has 1 saturated heterocycles. The molecule has 0 radical (unpaired) electrons. The number of ether oxygens (including phenoxy) is 8. The molecule has 1 aromatic carbocycles. The van der Waals surface area contributed by atoms with Gasteiger partial charge in [0.15, 0.2) is 5.78 Å². The number of hydrogen-bond donors (Lipinski definition) is 6. The first kappa shape index (κ1) is 65.8. The zero-order valence-corrected chi connectivity index (χ0v) is 44.3. The Kier molecular flexibility index (Phi) is 37.3. The molecule has 1 fully saturated rings. The number of benzene rings is 1. The monoisotopic (exact) mass is 1060 g/mol. The Morgan fingerprint density at radius 3 is 1.23 bits per heavy atom. The van der Waals surface area contributed by atoms with Crippen molar-refractivity contribution in [3.05, 3.63) is 35.4 Å². The van der Waals surface area contributed by atoms with Crippen LogP contribution in [0, 0.1) is 5.92 Å². The zero-order valence-electron chi connectivity index (χ0n) is 44.3. The summed E-state index contributed by atoms with van der Waals surface area (Å²) in [5, 5.41) is 37.2. The number of carboxylic acids is 3. The average molecular weight is 1060 g/mol. The van der Waals surface area contributed by atoms with Gasteiger partial charge in [0, 0.05) is 77.4 Å². The van der Waals surface area contributed by atoms with E-state index in [1.165, 1.54) is 0 Å². The number of carbonyl (C=O) groups excluding carboxylic acids is 3. The van der Waals surface area contributed by atoms with Crippen LogP contribution in [0.2, 0.25) is 0 Å². The summed E-state index contributed by atoms with van der Waals surface area (Å²) in [7, 11) is 0. The van der Waals surface area contributed by atoms with Gasteiger partial charge in [-0.2, -0.15) is 0 Å². The van der Waals surface area contributed by atoms with Crippen molar-refractivity contribution in [2.75, 3.05) is 191 Å². The summed E-state index contributed by atoms with van der Waals surface area (Å²) in [4.78, 5) is 79.1. The van der Waals surface area contributed by atoms with Crippen molar-refractivity contribution in [1.82, 2.24) is 35.6 Å². The molecule has 1 aliphatic heterocycles. The summed E-state index contributed by atoms with van der Waals surface area (Å²) < 4.78 is 44.1. The number of nitrogens with one attached hydrogen (secondary N) is 3. The van der Waals surface area contributed by atoms with Gasteiger partial charge >= 0.3 is 17.9 Å². The summed E-state index contributed by atoms with van der Waals surface area (Å²) >= 11 is 0. The third kappa shape index (κ3) is 35.8. The highest BCUT2D eigenvalue weighted by molar-refractivity contribution is 5.86. The minimum atomic E-state index is -1.02. The van der Waals surface area contributed by atoms with E-state index in [4.69, 9.17) is 37.9 Å². The number of carboxylic acid groups (broad SMARTS) is 3. The Labute approximate surface area is 436 Å². The molecule has 6 N–H and O–H groups in total. The Balaban J connectivity index is 1.39. The Hall–Kier alpha value is -4.28. The first-order valence-corrected chi connectivity index (χ1v) is 25.7. The fourth-order valence-electron chi connectivity index (χ4n) is 7.41. The van der Waals surface area contributed by atoms with Crippen LogP contribution in [-0.2, 0) is 79.6 Å². The molecule has 1 aliphatic rings. The van der Waals surface area contributed by atoms with E-state index in [0.29, 0.717) is 151 Å². The highest BCUT2D eigenvalue weighted by Crippen LogP contribution is 2.12. The smallest absolute Gasteiger partial charge is 0.317 e. The molecule has 0 spiro atoms. The van der Waals surface area contributed by atoms with Crippen LogP contribution in [0.15, 0.2) is 24.3 Å². The topological polar surface area (TPSA) is 286 Å². The van der Waals surface area contributed by atoms with Gasteiger partial charge < -0.3 is 69.2 Å². The number of amides is 2. The van der Waals surface area contributed by atoms with E-state index in [-0.39, 0.29) is 88.1 Å². The molecule has 1 atom stereocenters. The van der Waals surface area contributed by atoms with E-state index in [9.17, 15) is 44.1 Å². The number of carbonyl (C=O) groups is 6. The molecule has 0 saturated carbocycles. The number of hydrogen-bond acceptors (Lipinski definition) is 19. The van der Waals surface area contributed by atoms with Gasteiger partial charge in [0.25, 0.3) is 0 Å². The second-order valence-corrected chi connectivity index (χ2v) is 18.2. The van der Waals surface area contributed by atoms with Gasteiger partial charge in [-0.3, -0.25) is 48.4 Å². The summed E-state index contributed by atoms with van der Waals surface area (Å²) in [5.41, 5.74) is 1.98. The second kappa shape index (κ2) is 41.9. The SMILES string of the molecule is CC(C)N[C@@H](Cc1cccc(CNC(=O)COCCOCCOCCOCCOCCOCCOCCOCCNC(=O)CN2CCN(CC(=O)O)CCN(CC(=O)O)CCN(CC(=O)O)CC2)c1)C(=O)C(C)C. The maximum atomic E-state index is 12.8. The normalized spacial score (nSPS) is 15.2. The Bertz CT molecular complexity index is 1680. The van der Waals surface area contributed by atoms with Gasteiger partial charge in [-0.15, -0.1) is 0 Å². The standard InChI is InChI=1S/C50H87N7O17/c1-40(2)50(66)44(53-41(3)4)33-42-6-5-7-43(32-42)34-52-46(59)39-74-31-30-73-29-28-72-27-26-71-25-24-70-23-22-69-21-20-68-19-18-67-17-8-51-45(58)35-54-9-11-55(36-47(60)61)13-15-57(38-49(64)65)16-14-56(12-10-54)37-48(62)63/h5-7,32,40-41,44,53H,8-31,33-39H2,1-4H3,(H,51,58)(H,52,59)(H,60,61)(H,62,63)(H,64,65)/t44-/m0/s1. The first-order valence-electron chi connectivity index (χ1n) is 25.7. The van der Waals surface area contributed by atoms with Gasteiger partial charge in [0.1, 0.15) is 6.61 Å². The predicted octanol–water partition coefficient (Wildman–Crippen LogP) is -0.839. The van der Waals surface area contributed by atoms with Crippen molar-refractivity contribution in [2.45, 2.75) is 52.7 Å². The predicted molar refractivity (Wildman–Crippen MR) is 272 cm³/mol. The third-order valence-corrected chi connectivity index (χ3v) is 11.1. The van der Waals surface area contributed by atoms with Crippen molar-refractivity contribution in [1.29, 1.82) is 0 Å². The highest BCUT2D eigenvalue weighted by Gasteiger charge is 2.23. The van der Waals surface area contributed by atoms with Crippen molar-refractivity contribution in [3.63, 3.8) is 0 Å². The van der Waals surface area contributed by atoms with E-state index < -0.39 is 17.9 Å². The van der Waals surface area contributed by atoms with Crippen LogP contribution in [0.1, 0.15) is 38.8 Å². The van der Waals surface area contributed by atoms with Crippen LogP contribution in [-0.4, -0.2) is 273 Å². The average Bonchev–Trinajstić information content (AvgIpc) is 3.34. The van der Waals surface area contributed by atoms with Crippen LogP contribution in [0.4, 0.5) is 0 Å². The quantitative estimate of drug-likeness (QED) is 0.0436. The number of ketones is 1. The molecule has 24 heteroatoms. The van der Waals surface area contributed by atoms with Crippen LogP contribution in [0.5, 0.6) is 0 Å². The summed E-state index contributed by atoms with van der Waals surface area (Å²) in [5.74, 6) is -3.41. The molecule has 74 heavy (non-hydrogen) atoms. The van der Waals surface area contributed by atoms with Crippen LogP contribution >= 0.6 is 0 Å². The van der Waals surface area contributed by atoms with Crippen molar-refractivity contribution >= 4 is 35.5 Å². The molecule has 24 nitrogen and oxygen atoms in total. The van der Waals surface area contributed by atoms with Crippen LogP contribution in [0.3, 0.4) is 0 Å². The highest BCUT2D eigenvalue weighted by atomic mass is 16.6. The van der Waals surface area contributed by atoms with Gasteiger partial charge in [-0.1, -0.05) is 52.0 Å². The van der Waals surface area contributed by atoms with Gasteiger partial charge in [0.2, 0.25) is 11.8 Å². The molecule has 0 unspecified atom stereocenters. The number of Topliss-reactive ketones (excluding diaryl/α,β-unsaturated/α-hetero) is 1. The largest absolute Gasteiger partial charge is 0.480 e. The van der Waals surface area contributed by atoms with E-state index in [2.05, 4.69) is 16.0 Å². The maximum Gasteiger partial charge on any atom is 0.317 e. The molecule has 2 amide bonds. The Morgan fingerprint density at radius 2 is 0.851 bits per heavy atom. The zero-order chi connectivity index (χ0) is 54.2. The fourth-order valence-corrected chi connectivity index (χ4v) is 7.41. The minimum absolute atomic E-state index is 0.0246. The number of nitrogens with zero attached hydrogens (tertiary/aromatic N) is 4. The van der Waals surface area contributed by atoms with Crippen molar-refractivity contribution in [3.8, 4) is 0 Å². The van der Waals surface area contributed by atoms with E-state index in [0.717, 1.165) is 11.1 Å². The van der Waals surface area contributed by atoms with E-state index in [1.54, 1.807) is 14.7 Å². The summed E-state index contributed by atoms with van der Waals surface area (Å²) in [6.45, 7) is 15.9. The van der Waals surface area contributed by atoms with Gasteiger partial charge in [0.05, 0.1) is 131 Å². The van der Waals surface area contributed by atoms with Crippen molar-refractivity contribution < 1.29 is 82.0 Å². The lowest BCUT2D eigenvalue weighted by molar-refractivity contribution is -0.140. The lowest BCUT2D eigenvalue weighted by Gasteiger charge is -2.32. The van der Waals surface area contributed by atoms with Crippen LogP contribution in [0.25, 0.3) is 0 Å². The molecule has 424 valence electrons. The van der Waals surface area contributed by atoms with Crippen LogP contribution < -0.4 is 16.0 Å². The molecule has 0 bridgehead atoms.